The number of nitrogens with one attached hydrogen (secondary N) is 1. The lowest BCUT2D eigenvalue weighted by Crippen LogP contribution is -2.40. The van der Waals surface area contributed by atoms with Gasteiger partial charge in [0, 0.05) is 18.7 Å². The van der Waals surface area contributed by atoms with Crippen LogP contribution in [-0.4, -0.2) is 61.9 Å². The fourth-order valence-electron chi connectivity index (χ4n) is 4.72. The molecule has 1 unspecified atom stereocenters. The molecule has 10 heteroatoms. The third kappa shape index (κ3) is 11.1. The number of rotatable bonds is 19. The molecule has 37 heavy (non-hydrogen) atoms. The Morgan fingerprint density at radius 1 is 1.03 bits per heavy atom. The molecular weight excluding hydrogens is 480 g/mol. The van der Waals surface area contributed by atoms with E-state index in [1.807, 2.05) is 0 Å². The summed E-state index contributed by atoms with van der Waals surface area (Å²) in [4.78, 5) is 38.0. The van der Waals surface area contributed by atoms with Gasteiger partial charge in [-0.3, -0.25) is 19.1 Å². The summed E-state index contributed by atoms with van der Waals surface area (Å²) in [5, 5.41) is 29.9. The van der Waals surface area contributed by atoms with Gasteiger partial charge in [0.05, 0.1) is 12.7 Å². The molecule has 0 radical (unpaired) electrons. The number of hydrogen-bond donors (Lipinski definition) is 4. The fraction of sp³-hybridized carbons (Fsp3) is 0.815. The number of aliphatic hydroxyl groups is 3. The van der Waals surface area contributed by atoms with E-state index in [2.05, 4.69) is 11.9 Å². The van der Waals surface area contributed by atoms with Crippen molar-refractivity contribution in [2.75, 3.05) is 6.61 Å². The predicted octanol–water partition coefficient (Wildman–Crippen LogP) is 2.93. The number of carbonyl (C=O) groups excluding carboxylic acids is 1. The maximum atomic E-state index is 12.4. The largest absolute Gasteiger partial charge is 0.455 e. The van der Waals surface area contributed by atoms with E-state index in [1.54, 1.807) is 0 Å². The molecule has 2 rings (SSSR count). The van der Waals surface area contributed by atoms with Crippen molar-refractivity contribution in [1.82, 2.24) is 9.55 Å². The van der Waals surface area contributed by atoms with Gasteiger partial charge in [0.1, 0.15) is 12.2 Å². The molecule has 1 saturated heterocycles. The van der Waals surface area contributed by atoms with Crippen LogP contribution < -0.4 is 11.2 Å². The maximum absolute atomic E-state index is 12.4. The maximum Gasteiger partial charge on any atom is 0.330 e. The van der Waals surface area contributed by atoms with Crippen LogP contribution in [0.4, 0.5) is 0 Å². The third-order valence-electron chi connectivity index (χ3n) is 6.94. The van der Waals surface area contributed by atoms with Crippen LogP contribution in [0.1, 0.15) is 109 Å². The van der Waals surface area contributed by atoms with Crippen molar-refractivity contribution in [2.45, 2.75) is 134 Å². The van der Waals surface area contributed by atoms with Crippen LogP contribution in [0.25, 0.3) is 0 Å². The summed E-state index contributed by atoms with van der Waals surface area (Å²) in [6.07, 6.45) is 11.3. The number of aliphatic hydroxyl groups excluding tert-OH is 3. The lowest BCUT2D eigenvalue weighted by atomic mass is 10.0. The van der Waals surface area contributed by atoms with E-state index in [4.69, 9.17) is 9.47 Å². The zero-order valence-electron chi connectivity index (χ0n) is 22.2. The van der Waals surface area contributed by atoms with E-state index in [0.717, 1.165) is 74.8 Å². The summed E-state index contributed by atoms with van der Waals surface area (Å²) >= 11 is 0. The standard InChI is InChI=1S/C27H46N2O8/c1-2-3-4-11-14-20(31)15-12-9-7-5-6-8-10-13-16-23(33)37-25-24(34)21(19-30)36-26(25)29-18-17-22(32)28-27(29)35/h17-18,20-21,24-26,30-31,34H,2-16,19H2,1H3,(H,28,32,35)/t20?,21-,24-,25-,26-/m1/s1. The molecule has 0 bridgehead atoms. The highest BCUT2D eigenvalue weighted by Gasteiger charge is 2.47. The first-order valence-corrected chi connectivity index (χ1v) is 14.0. The van der Waals surface area contributed by atoms with Gasteiger partial charge in [-0.25, -0.2) is 4.79 Å². The first kappa shape index (κ1) is 31.2. The number of unbranched alkanes of at least 4 members (excludes halogenated alkanes) is 10. The Kier molecular flexibility index (Phi) is 14.8. The van der Waals surface area contributed by atoms with Crippen molar-refractivity contribution >= 4 is 5.97 Å². The number of hydrogen-bond acceptors (Lipinski definition) is 8. The Bertz CT molecular complexity index is 886. The van der Waals surface area contributed by atoms with Crippen LogP contribution in [-0.2, 0) is 14.3 Å². The Labute approximate surface area is 219 Å². The van der Waals surface area contributed by atoms with Gasteiger partial charge in [-0.05, 0) is 19.3 Å². The molecule has 1 aliphatic rings. The third-order valence-corrected chi connectivity index (χ3v) is 6.94. The summed E-state index contributed by atoms with van der Waals surface area (Å²) in [5.74, 6) is -0.512. The smallest absolute Gasteiger partial charge is 0.330 e. The van der Waals surface area contributed by atoms with Gasteiger partial charge < -0.3 is 24.8 Å². The Morgan fingerprint density at radius 3 is 2.22 bits per heavy atom. The van der Waals surface area contributed by atoms with Gasteiger partial charge in [0.15, 0.2) is 12.3 Å². The number of aromatic amines is 1. The average molecular weight is 527 g/mol. The van der Waals surface area contributed by atoms with Crippen LogP contribution in [0.2, 0.25) is 0 Å². The van der Waals surface area contributed by atoms with E-state index in [-0.39, 0.29) is 12.5 Å². The Hall–Kier alpha value is -2.01. The molecule has 10 nitrogen and oxygen atoms in total. The SMILES string of the molecule is CCCCCCC(O)CCCCCCCCCCC(=O)O[C@@H]1[C@H](O)[C@@H](CO)O[C@H]1n1ccc(=O)[nH]c1=O. The zero-order valence-corrected chi connectivity index (χ0v) is 22.2. The minimum atomic E-state index is -1.31. The first-order chi connectivity index (χ1) is 17.9. The van der Waals surface area contributed by atoms with Crippen molar-refractivity contribution in [3.8, 4) is 0 Å². The molecule has 1 aliphatic heterocycles. The quantitative estimate of drug-likeness (QED) is 0.159. The second-order valence-electron chi connectivity index (χ2n) is 10.1. The number of ether oxygens (including phenoxy) is 2. The lowest BCUT2D eigenvalue weighted by Gasteiger charge is -2.22. The zero-order chi connectivity index (χ0) is 27.0. The normalized spacial score (nSPS) is 22.3. The molecule has 0 saturated carbocycles. The van der Waals surface area contributed by atoms with Crippen molar-refractivity contribution in [2.24, 2.45) is 0 Å². The summed E-state index contributed by atoms with van der Waals surface area (Å²) in [6.45, 7) is 1.68. The van der Waals surface area contributed by atoms with E-state index in [0.29, 0.717) is 6.42 Å². The van der Waals surface area contributed by atoms with Crippen molar-refractivity contribution in [3.63, 3.8) is 0 Å². The monoisotopic (exact) mass is 526 g/mol. The molecule has 1 aromatic heterocycles. The van der Waals surface area contributed by atoms with Crippen LogP contribution in [0.3, 0.4) is 0 Å². The van der Waals surface area contributed by atoms with E-state index in [9.17, 15) is 29.7 Å². The highest BCUT2D eigenvalue weighted by atomic mass is 16.6. The molecule has 212 valence electrons. The molecule has 1 fully saturated rings. The summed E-state index contributed by atoms with van der Waals surface area (Å²) in [6, 6.07) is 1.13. The minimum Gasteiger partial charge on any atom is -0.455 e. The summed E-state index contributed by atoms with van der Waals surface area (Å²) in [5.41, 5.74) is -1.35. The average Bonchev–Trinajstić information content (AvgIpc) is 3.17. The topological polar surface area (TPSA) is 151 Å². The van der Waals surface area contributed by atoms with E-state index in [1.165, 1.54) is 25.5 Å². The second kappa shape index (κ2) is 17.5. The van der Waals surface area contributed by atoms with Gasteiger partial charge in [0.2, 0.25) is 0 Å². The number of H-pyrrole nitrogens is 1. The van der Waals surface area contributed by atoms with Gasteiger partial charge in [-0.15, -0.1) is 0 Å². The van der Waals surface area contributed by atoms with Crippen molar-refractivity contribution in [1.29, 1.82) is 0 Å². The number of aromatic nitrogens is 2. The Morgan fingerprint density at radius 2 is 1.62 bits per heavy atom. The van der Waals surface area contributed by atoms with Gasteiger partial charge >= 0.3 is 11.7 Å². The molecule has 5 atom stereocenters. The van der Waals surface area contributed by atoms with Crippen LogP contribution in [0, 0.1) is 0 Å². The van der Waals surface area contributed by atoms with Gasteiger partial charge in [0.25, 0.3) is 5.56 Å². The predicted molar refractivity (Wildman–Crippen MR) is 139 cm³/mol. The summed E-state index contributed by atoms with van der Waals surface area (Å²) in [7, 11) is 0. The minimum absolute atomic E-state index is 0.156. The molecule has 0 spiro atoms. The molecule has 1 aromatic rings. The van der Waals surface area contributed by atoms with Crippen molar-refractivity contribution in [3.05, 3.63) is 33.1 Å². The van der Waals surface area contributed by atoms with Crippen LogP contribution in [0.15, 0.2) is 21.9 Å². The van der Waals surface area contributed by atoms with E-state index >= 15 is 0 Å². The van der Waals surface area contributed by atoms with Crippen LogP contribution in [0.5, 0.6) is 0 Å². The first-order valence-electron chi connectivity index (χ1n) is 14.0. The lowest BCUT2D eigenvalue weighted by molar-refractivity contribution is -0.159. The van der Waals surface area contributed by atoms with Gasteiger partial charge in [-0.1, -0.05) is 77.6 Å². The van der Waals surface area contributed by atoms with E-state index < -0.39 is 48.4 Å². The highest BCUT2D eigenvalue weighted by molar-refractivity contribution is 5.69. The molecule has 0 aliphatic carbocycles. The fourth-order valence-corrected chi connectivity index (χ4v) is 4.72. The molecule has 0 aromatic carbocycles. The highest BCUT2D eigenvalue weighted by Crippen LogP contribution is 2.31. The summed E-state index contributed by atoms with van der Waals surface area (Å²) < 4.78 is 12.0. The molecule has 2 heterocycles. The molecular formula is C27H46N2O8. The molecule has 0 amide bonds. The van der Waals surface area contributed by atoms with Crippen molar-refractivity contribution < 1.29 is 29.6 Å². The van der Waals surface area contributed by atoms with Gasteiger partial charge in [-0.2, -0.15) is 0 Å². The number of carbonyl (C=O) groups is 1. The second-order valence-corrected chi connectivity index (χ2v) is 10.1. The van der Waals surface area contributed by atoms with Crippen LogP contribution >= 0.6 is 0 Å². The number of esters is 1. The number of nitrogens with zero attached hydrogens (tertiary/aromatic N) is 1. The Balaban J connectivity index is 1.59. The molecule has 4 N–H and O–H groups in total.